The van der Waals surface area contributed by atoms with Crippen molar-refractivity contribution in [3.8, 4) is 0 Å². The first-order valence-corrected chi connectivity index (χ1v) is 12.4. The molecule has 1 aliphatic heterocycles. The van der Waals surface area contributed by atoms with Gasteiger partial charge in [-0.25, -0.2) is 4.68 Å². The second-order valence-corrected chi connectivity index (χ2v) is 9.50. The summed E-state index contributed by atoms with van der Waals surface area (Å²) in [5.74, 6) is 0.652. The summed E-state index contributed by atoms with van der Waals surface area (Å²) >= 11 is 0. The van der Waals surface area contributed by atoms with E-state index in [9.17, 15) is 4.79 Å². The normalized spacial score (nSPS) is 15.8. The molecule has 3 aromatic carbocycles. The van der Waals surface area contributed by atoms with Crippen molar-refractivity contribution in [2.24, 2.45) is 0 Å². The number of rotatable bonds is 6. The number of hydrogen-bond donors (Lipinski definition) is 1. The minimum absolute atomic E-state index is 0.123. The summed E-state index contributed by atoms with van der Waals surface area (Å²) in [5.41, 5.74) is 6.06. The van der Waals surface area contributed by atoms with Gasteiger partial charge >= 0.3 is 0 Å². The molecule has 0 saturated heterocycles. The highest BCUT2D eigenvalue weighted by Gasteiger charge is 2.37. The minimum Gasteiger partial charge on any atom is -0.354 e. The number of nitrogens with zero attached hydrogens (tertiary/aromatic N) is 5. The van der Waals surface area contributed by atoms with E-state index in [0.717, 1.165) is 35.0 Å². The Bertz CT molecular complexity index is 1590. The molecule has 2 aromatic heterocycles. The second kappa shape index (κ2) is 9.07. The zero-order valence-electron chi connectivity index (χ0n) is 20.4. The lowest BCUT2D eigenvalue weighted by Crippen LogP contribution is -2.38. The van der Waals surface area contributed by atoms with Gasteiger partial charge in [0.1, 0.15) is 6.04 Å². The largest absolute Gasteiger partial charge is 0.354 e. The van der Waals surface area contributed by atoms with Crippen molar-refractivity contribution in [2.75, 3.05) is 4.90 Å². The number of anilines is 1. The Labute approximate surface area is 209 Å². The van der Waals surface area contributed by atoms with Crippen molar-refractivity contribution in [3.63, 3.8) is 0 Å². The average molecular weight is 477 g/mol. The predicted molar refractivity (Wildman–Crippen MR) is 141 cm³/mol. The van der Waals surface area contributed by atoms with Gasteiger partial charge in [0.25, 0.3) is 5.56 Å². The van der Waals surface area contributed by atoms with Gasteiger partial charge < -0.3 is 9.88 Å². The summed E-state index contributed by atoms with van der Waals surface area (Å²) in [6, 6.07) is 26.5. The second-order valence-electron chi connectivity index (χ2n) is 9.50. The van der Waals surface area contributed by atoms with Crippen LogP contribution in [-0.4, -0.2) is 31.2 Å². The molecule has 180 valence electrons. The Hall–Kier alpha value is -4.26. The molecule has 1 aliphatic rings. The molecule has 0 amide bonds. The summed E-state index contributed by atoms with van der Waals surface area (Å²) in [6.45, 7) is 4.86. The maximum absolute atomic E-state index is 13.6. The summed E-state index contributed by atoms with van der Waals surface area (Å²) in [6.07, 6.45) is 1.83. The van der Waals surface area contributed by atoms with E-state index in [-0.39, 0.29) is 11.6 Å². The van der Waals surface area contributed by atoms with Gasteiger partial charge in [-0.05, 0) is 76.5 Å². The number of pyridine rings is 1. The Kier molecular flexibility index (Phi) is 5.60. The van der Waals surface area contributed by atoms with Crippen LogP contribution in [0.1, 0.15) is 48.0 Å². The van der Waals surface area contributed by atoms with Gasteiger partial charge in [0.15, 0.2) is 5.82 Å². The van der Waals surface area contributed by atoms with Crippen molar-refractivity contribution in [1.82, 2.24) is 25.2 Å². The van der Waals surface area contributed by atoms with E-state index in [1.165, 1.54) is 11.1 Å². The van der Waals surface area contributed by atoms with Gasteiger partial charge in [-0.2, -0.15) is 0 Å². The van der Waals surface area contributed by atoms with Crippen molar-refractivity contribution < 1.29 is 0 Å². The first kappa shape index (κ1) is 22.2. The van der Waals surface area contributed by atoms with Crippen molar-refractivity contribution in [2.45, 2.75) is 45.3 Å². The number of benzene rings is 3. The zero-order chi connectivity index (χ0) is 24.6. The first-order valence-electron chi connectivity index (χ1n) is 12.4. The molecule has 36 heavy (non-hydrogen) atoms. The molecular weight excluding hydrogens is 448 g/mol. The van der Waals surface area contributed by atoms with E-state index in [0.29, 0.717) is 17.9 Å². The Morgan fingerprint density at radius 1 is 1.00 bits per heavy atom. The lowest BCUT2D eigenvalue weighted by molar-refractivity contribution is 0.544. The van der Waals surface area contributed by atoms with Crippen LogP contribution < -0.4 is 10.5 Å². The van der Waals surface area contributed by atoms with Crippen molar-refractivity contribution >= 4 is 16.6 Å². The summed E-state index contributed by atoms with van der Waals surface area (Å²) in [7, 11) is 0. The van der Waals surface area contributed by atoms with Gasteiger partial charge in [-0.1, -0.05) is 61.5 Å². The number of aryl methyl sites for hydroxylation is 1. The molecule has 5 aromatic rings. The average Bonchev–Trinajstić information content (AvgIpc) is 3.49. The van der Waals surface area contributed by atoms with E-state index < -0.39 is 6.04 Å². The smallest absolute Gasteiger partial charge is 0.254 e. The zero-order valence-corrected chi connectivity index (χ0v) is 20.4. The molecule has 7 heteroatoms. The van der Waals surface area contributed by atoms with Crippen LogP contribution in [0.25, 0.3) is 10.9 Å². The van der Waals surface area contributed by atoms with Gasteiger partial charge in [-0.3, -0.25) is 4.79 Å². The predicted octanol–water partition coefficient (Wildman–Crippen LogP) is 4.67. The minimum atomic E-state index is -0.444. The number of nitrogens with one attached hydrogen (secondary N) is 1. The van der Waals surface area contributed by atoms with Crippen LogP contribution >= 0.6 is 0 Å². The molecular formula is C29H28N6O. The van der Waals surface area contributed by atoms with Gasteiger partial charge in [0.2, 0.25) is 0 Å². The highest BCUT2D eigenvalue weighted by Crippen LogP contribution is 2.40. The number of tetrazole rings is 1. The lowest BCUT2D eigenvalue weighted by atomic mass is 10.0. The fraction of sp³-hybridized carbons (Fsp3) is 0.241. The van der Waals surface area contributed by atoms with Gasteiger partial charge in [-0.15, -0.1) is 5.10 Å². The van der Waals surface area contributed by atoms with Crippen LogP contribution in [0.15, 0.2) is 83.7 Å². The molecule has 1 N–H and O–H groups in total. The van der Waals surface area contributed by atoms with Crippen LogP contribution in [0, 0.1) is 0 Å². The molecule has 0 aliphatic carbocycles. The number of hydrogen-bond acceptors (Lipinski definition) is 5. The van der Waals surface area contributed by atoms with E-state index >= 15 is 0 Å². The molecule has 0 spiro atoms. The molecule has 7 nitrogen and oxygen atoms in total. The monoisotopic (exact) mass is 476 g/mol. The van der Waals surface area contributed by atoms with Gasteiger partial charge in [0, 0.05) is 22.8 Å². The Morgan fingerprint density at radius 2 is 1.81 bits per heavy atom. The molecule has 0 bridgehead atoms. The van der Waals surface area contributed by atoms with E-state index in [2.05, 4.69) is 81.7 Å². The van der Waals surface area contributed by atoms with E-state index in [1.54, 1.807) is 0 Å². The third-order valence-electron chi connectivity index (χ3n) is 7.16. The number of H-pyrrole nitrogens is 1. The third kappa shape index (κ3) is 3.86. The molecule has 3 heterocycles. The SMILES string of the molecule is CCc1ccc2[nH]c(=O)c([C@@H](c3nnnn3Cc3ccccc3)N3c4ccccc4C[C@H]3C)cc2c1. The maximum atomic E-state index is 13.6. The van der Waals surface area contributed by atoms with Crippen LogP contribution in [0.3, 0.4) is 0 Å². The molecule has 6 rings (SSSR count). The number of aromatic nitrogens is 5. The van der Waals surface area contributed by atoms with E-state index in [4.69, 9.17) is 0 Å². The number of fused-ring (bicyclic) bond motifs is 2. The van der Waals surface area contributed by atoms with Crippen LogP contribution in [-0.2, 0) is 19.4 Å². The molecule has 0 saturated carbocycles. The Morgan fingerprint density at radius 3 is 2.64 bits per heavy atom. The molecule has 2 atom stereocenters. The maximum Gasteiger partial charge on any atom is 0.254 e. The molecule has 0 fully saturated rings. The van der Waals surface area contributed by atoms with Crippen molar-refractivity contribution in [3.05, 3.63) is 117 Å². The summed E-state index contributed by atoms with van der Waals surface area (Å²) < 4.78 is 1.82. The van der Waals surface area contributed by atoms with Gasteiger partial charge in [0.05, 0.1) is 6.54 Å². The highest BCUT2D eigenvalue weighted by molar-refractivity contribution is 5.80. The molecule has 0 unspecified atom stereocenters. The van der Waals surface area contributed by atoms with Crippen LogP contribution in [0.5, 0.6) is 0 Å². The lowest BCUT2D eigenvalue weighted by Gasteiger charge is -2.33. The van der Waals surface area contributed by atoms with E-state index in [1.807, 2.05) is 41.1 Å². The summed E-state index contributed by atoms with van der Waals surface area (Å²) in [5, 5.41) is 13.9. The standard InChI is InChI=1S/C29H28N6O/c1-3-20-13-14-25-23(16-20)17-24(29(36)30-25)27(35-19(2)15-22-11-7-8-12-26(22)35)28-31-32-33-34(28)18-21-9-5-4-6-10-21/h4-14,16-17,19,27H,3,15,18H2,1-2H3,(H,30,36)/t19-,27+/m1/s1. The van der Waals surface area contributed by atoms with Crippen LogP contribution in [0.2, 0.25) is 0 Å². The van der Waals surface area contributed by atoms with Crippen LogP contribution in [0.4, 0.5) is 5.69 Å². The first-order chi connectivity index (χ1) is 17.6. The quantitative estimate of drug-likeness (QED) is 0.385. The molecule has 0 radical (unpaired) electrons. The fourth-order valence-corrected chi connectivity index (χ4v) is 5.37. The third-order valence-corrected chi connectivity index (χ3v) is 7.16. The summed E-state index contributed by atoms with van der Waals surface area (Å²) in [4.78, 5) is 19.0. The highest BCUT2D eigenvalue weighted by atomic mass is 16.1. The topological polar surface area (TPSA) is 79.7 Å². The van der Waals surface area contributed by atoms with Crippen molar-refractivity contribution in [1.29, 1.82) is 0 Å². The number of para-hydroxylation sites is 1. The number of aromatic amines is 1. The Balaban J connectivity index is 1.55. The fourth-order valence-electron chi connectivity index (χ4n) is 5.37.